The van der Waals surface area contributed by atoms with Crippen molar-refractivity contribution in [1.29, 1.82) is 0 Å². The van der Waals surface area contributed by atoms with Gasteiger partial charge in [-0.2, -0.15) is 26.3 Å². The number of alkyl halides is 6. The first kappa shape index (κ1) is 15.5. The quantitative estimate of drug-likeness (QED) is 0.783. The van der Waals surface area contributed by atoms with Gasteiger partial charge in [-0.15, -0.1) is 0 Å². The lowest BCUT2D eigenvalue weighted by atomic mass is 10.2. The van der Waals surface area contributed by atoms with E-state index in [1.165, 1.54) is 19.1 Å². The normalized spacial score (nSPS) is 12.4. The first-order valence-corrected chi connectivity index (χ1v) is 5.06. The zero-order chi connectivity index (χ0) is 14.7. The highest BCUT2D eigenvalue weighted by Crippen LogP contribution is 2.27. The Morgan fingerprint density at radius 1 is 0.895 bits per heavy atom. The van der Waals surface area contributed by atoms with Crippen molar-refractivity contribution in [3.8, 4) is 11.5 Å². The van der Waals surface area contributed by atoms with Crippen LogP contribution in [0.3, 0.4) is 0 Å². The molecular formula is C11H10F6O2. The van der Waals surface area contributed by atoms with E-state index in [4.69, 9.17) is 0 Å². The summed E-state index contributed by atoms with van der Waals surface area (Å²) >= 11 is 0. The standard InChI is InChI=1S/C11H10F6O2/c1-7-2-3-8(18-5-10(12,13)14)4-9(7)19-6-11(15,16)17/h2-4H,5-6H2,1H3. The molecular weight excluding hydrogens is 278 g/mol. The van der Waals surface area contributed by atoms with Crippen LogP contribution in [0, 0.1) is 6.92 Å². The van der Waals surface area contributed by atoms with Gasteiger partial charge in [0.2, 0.25) is 0 Å². The molecule has 0 saturated carbocycles. The SMILES string of the molecule is Cc1ccc(OCC(F)(F)F)cc1OCC(F)(F)F. The van der Waals surface area contributed by atoms with E-state index in [9.17, 15) is 26.3 Å². The van der Waals surface area contributed by atoms with Gasteiger partial charge in [0.15, 0.2) is 13.2 Å². The van der Waals surface area contributed by atoms with Gasteiger partial charge in [-0.05, 0) is 18.6 Å². The van der Waals surface area contributed by atoms with Crippen molar-refractivity contribution in [2.45, 2.75) is 19.3 Å². The number of benzene rings is 1. The van der Waals surface area contributed by atoms with Gasteiger partial charge in [0, 0.05) is 6.07 Å². The van der Waals surface area contributed by atoms with Crippen LogP contribution < -0.4 is 9.47 Å². The molecule has 0 aliphatic rings. The lowest BCUT2D eigenvalue weighted by Crippen LogP contribution is -2.20. The third-order valence-electron chi connectivity index (χ3n) is 1.95. The summed E-state index contributed by atoms with van der Waals surface area (Å²) in [5, 5.41) is 0. The average molecular weight is 288 g/mol. The molecule has 1 aromatic carbocycles. The van der Waals surface area contributed by atoms with Gasteiger partial charge in [-0.1, -0.05) is 6.07 Å². The van der Waals surface area contributed by atoms with Crippen molar-refractivity contribution in [2.75, 3.05) is 13.2 Å². The molecule has 1 rings (SSSR count). The molecule has 2 nitrogen and oxygen atoms in total. The molecule has 19 heavy (non-hydrogen) atoms. The van der Waals surface area contributed by atoms with Crippen LogP contribution in [0.4, 0.5) is 26.3 Å². The Labute approximate surface area is 104 Å². The molecule has 0 radical (unpaired) electrons. The summed E-state index contributed by atoms with van der Waals surface area (Å²) in [6.45, 7) is -1.56. The number of rotatable bonds is 4. The molecule has 0 spiro atoms. The number of halogens is 6. The lowest BCUT2D eigenvalue weighted by Gasteiger charge is -2.14. The summed E-state index contributed by atoms with van der Waals surface area (Å²) in [6, 6.07) is 3.53. The summed E-state index contributed by atoms with van der Waals surface area (Å²) in [6.07, 6.45) is -9.03. The molecule has 1 aromatic rings. The molecule has 0 bridgehead atoms. The highest BCUT2D eigenvalue weighted by molar-refractivity contribution is 5.39. The molecule has 0 aliphatic heterocycles. The Bertz CT molecular complexity index is 424. The van der Waals surface area contributed by atoms with Gasteiger partial charge in [0.05, 0.1) is 0 Å². The maximum atomic E-state index is 12.0. The zero-order valence-electron chi connectivity index (χ0n) is 9.73. The molecule has 0 fully saturated rings. The molecule has 0 N–H and O–H groups in total. The molecule has 0 amide bonds. The fourth-order valence-electron chi connectivity index (χ4n) is 1.15. The maximum absolute atomic E-state index is 12.0. The van der Waals surface area contributed by atoms with Crippen LogP contribution in [0.5, 0.6) is 11.5 Å². The van der Waals surface area contributed by atoms with Crippen LogP contribution in [0.1, 0.15) is 5.56 Å². The van der Waals surface area contributed by atoms with Crippen molar-refractivity contribution in [3.05, 3.63) is 23.8 Å². The molecule has 0 aromatic heterocycles. The number of hydrogen-bond acceptors (Lipinski definition) is 2. The van der Waals surface area contributed by atoms with E-state index in [-0.39, 0.29) is 11.5 Å². The fraction of sp³-hybridized carbons (Fsp3) is 0.455. The molecule has 0 aliphatic carbocycles. The summed E-state index contributed by atoms with van der Waals surface area (Å²) < 4.78 is 80.6. The highest BCUT2D eigenvalue weighted by Gasteiger charge is 2.29. The Kier molecular flexibility index (Phi) is 4.54. The van der Waals surface area contributed by atoms with Crippen molar-refractivity contribution in [3.63, 3.8) is 0 Å². The van der Waals surface area contributed by atoms with Crippen LogP contribution in [0.2, 0.25) is 0 Å². The summed E-state index contributed by atoms with van der Waals surface area (Å²) in [4.78, 5) is 0. The minimum absolute atomic E-state index is 0.169. The van der Waals surface area contributed by atoms with Crippen molar-refractivity contribution < 1.29 is 35.8 Å². The second kappa shape index (κ2) is 5.58. The number of aryl methyl sites for hydroxylation is 1. The molecule has 108 valence electrons. The predicted molar refractivity (Wildman–Crippen MR) is 54.3 cm³/mol. The third-order valence-corrected chi connectivity index (χ3v) is 1.95. The second-order valence-electron chi connectivity index (χ2n) is 3.74. The van der Waals surface area contributed by atoms with E-state index >= 15 is 0 Å². The van der Waals surface area contributed by atoms with Crippen LogP contribution in [-0.4, -0.2) is 25.6 Å². The molecule has 0 saturated heterocycles. The maximum Gasteiger partial charge on any atom is 0.422 e. The van der Waals surface area contributed by atoms with Crippen molar-refractivity contribution in [2.24, 2.45) is 0 Å². The monoisotopic (exact) mass is 288 g/mol. The van der Waals surface area contributed by atoms with Gasteiger partial charge < -0.3 is 9.47 Å². The Hall–Kier alpha value is -1.60. The smallest absolute Gasteiger partial charge is 0.422 e. The number of hydrogen-bond donors (Lipinski definition) is 0. The highest BCUT2D eigenvalue weighted by atomic mass is 19.4. The first-order valence-electron chi connectivity index (χ1n) is 5.06. The van der Waals surface area contributed by atoms with Crippen LogP contribution in [-0.2, 0) is 0 Å². The van der Waals surface area contributed by atoms with Gasteiger partial charge in [-0.25, -0.2) is 0 Å². The van der Waals surface area contributed by atoms with E-state index in [2.05, 4.69) is 9.47 Å². The van der Waals surface area contributed by atoms with Crippen molar-refractivity contribution in [1.82, 2.24) is 0 Å². The molecule has 0 atom stereocenters. The van der Waals surface area contributed by atoms with Gasteiger partial charge in [-0.3, -0.25) is 0 Å². The fourth-order valence-corrected chi connectivity index (χ4v) is 1.15. The minimum atomic E-state index is -4.52. The van der Waals surface area contributed by atoms with Crippen LogP contribution >= 0.6 is 0 Å². The van der Waals surface area contributed by atoms with Crippen LogP contribution in [0.15, 0.2) is 18.2 Å². The number of ether oxygens (including phenoxy) is 2. The lowest BCUT2D eigenvalue weighted by molar-refractivity contribution is -0.153. The Morgan fingerprint density at radius 2 is 1.42 bits per heavy atom. The second-order valence-corrected chi connectivity index (χ2v) is 3.74. The molecule has 8 heteroatoms. The van der Waals surface area contributed by atoms with Gasteiger partial charge >= 0.3 is 12.4 Å². The van der Waals surface area contributed by atoms with Gasteiger partial charge in [0.25, 0.3) is 0 Å². The summed E-state index contributed by atoms with van der Waals surface area (Å²) in [5.41, 5.74) is 0.364. The van der Waals surface area contributed by atoms with E-state index in [1.807, 2.05) is 0 Å². The summed E-state index contributed by atoms with van der Waals surface area (Å²) in [5.74, 6) is -0.378. The predicted octanol–water partition coefficient (Wildman–Crippen LogP) is 3.88. The largest absolute Gasteiger partial charge is 0.484 e. The minimum Gasteiger partial charge on any atom is -0.484 e. The first-order chi connectivity index (χ1) is 8.57. The Morgan fingerprint density at radius 3 is 1.95 bits per heavy atom. The third kappa shape index (κ3) is 6.21. The molecule has 0 unspecified atom stereocenters. The zero-order valence-corrected chi connectivity index (χ0v) is 9.73. The van der Waals surface area contributed by atoms with Crippen molar-refractivity contribution >= 4 is 0 Å². The summed E-state index contributed by atoms with van der Waals surface area (Å²) in [7, 11) is 0. The van der Waals surface area contributed by atoms with E-state index in [0.717, 1.165) is 6.07 Å². The topological polar surface area (TPSA) is 18.5 Å². The van der Waals surface area contributed by atoms with E-state index in [0.29, 0.717) is 5.56 Å². The van der Waals surface area contributed by atoms with Crippen LogP contribution in [0.25, 0.3) is 0 Å². The average Bonchev–Trinajstić information content (AvgIpc) is 2.24. The Balaban J connectivity index is 2.71. The molecule has 0 heterocycles. The van der Waals surface area contributed by atoms with E-state index < -0.39 is 25.6 Å². The van der Waals surface area contributed by atoms with E-state index in [1.54, 1.807) is 0 Å². The van der Waals surface area contributed by atoms with Gasteiger partial charge in [0.1, 0.15) is 11.5 Å².